The zero-order chi connectivity index (χ0) is 14.8. The summed E-state index contributed by atoms with van der Waals surface area (Å²) in [5.41, 5.74) is 0.974. The quantitative estimate of drug-likeness (QED) is 0.912. The number of hydrogen-bond donors (Lipinski definition) is 1. The first-order valence-corrected chi connectivity index (χ1v) is 7.69. The van der Waals surface area contributed by atoms with Crippen molar-refractivity contribution in [1.82, 2.24) is 10.3 Å². The van der Waals surface area contributed by atoms with Gasteiger partial charge in [-0.05, 0) is 51.9 Å². The van der Waals surface area contributed by atoms with E-state index in [9.17, 15) is 0 Å². The molecule has 114 valence electrons. The second-order valence-corrected chi connectivity index (χ2v) is 7.22. The molecule has 4 nitrogen and oxygen atoms in total. The maximum Gasteiger partial charge on any atom is 0.394 e. The van der Waals surface area contributed by atoms with Crippen molar-refractivity contribution in [2.24, 2.45) is 11.8 Å². The van der Waals surface area contributed by atoms with Crippen LogP contribution < -0.4 is 10.1 Å². The Morgan fingerprint density at radius 2 is 2.05 bits per heavy atom. The van der Waals surface area contributed by atoms with E-state index in [4.69, 9.17) is 9.15 Å². The molecule has 2 rings (SSSR count). The fraction of sp³-hybridized carbons (Fsp3) is 0.812. The van der Waals surface area contributed by atoms with Crippen molar-refractivity contribution >= 4 is 0 Å². The molecule has 3 atom stereocenters. The number of oxazole rings is 1. The van der Waals surface area contributed by atoms with Gasteiger partial charge in [0.05, 0.1) is 5.69 Å². The standard InChI is InChI=1S/C16H28N2O2/c1-11-6-7-14(8-12(11)2)20-15-18-13(10-19-15)9-17-16(3,4)5/h10-12,14,17H,6-9H2,1-5H3. The second kappa shape index (κ2) is 6.17. The van der Waals surface area contributed by atoms with E-state index in [1.807, 2.05) is 0 Å². The molecule has 0 aromatic carbocycles. The highest BCUT2D eigenvalue weighted by atomic mass is 16.6. The van der Waals surface area contributed by atoms with E-state index in [-0.39, 0.29) is 11.6 Å². The van der Waals surface area contributed by atoms with Crippen molar-refractivity contribution < 1.29 is 9.15 Å². The maximum absolute atomic E-state index is 5.88. The van der Waals surface area contributed by atoms with Gasteiger partial charge in [-0.3, -0.25) is 0 Å². The van der Waals surface area contributed by atoms with Crippen molar-refractivity contribution in [3.05, 3.63) is 12.0 Å². The number of ether oxygens (including phenoxy) is 1. The van der Waals surface area contributed by atoms with E-state index >= 15 is 0 Å². The summed E-state index contributed by atoms with van der Waals surface area (Å²) < 4.78 is 11.3. The molecule has 1 aromatic rings. The van der Waals surface area contributed by atoms with Crippen molar-refractivity contribution in [2.75, 3.05) is 0 Å². The minimum atomic E-state index is 0.0783. The summed E-state index contributed by atoms with van der Waals surface area (Å²) in [6.07, 6.45) is 5.78. The maximum atomic E-state index is 5.88. The molecule has 3 unspecified atom stereocenters. The summed E-state index contributed by atoms with van der Waals surface area (Å²) in [5, 5.41) is 3.39. The van der Waals surface area contributed by atoms with E-state index in [1.54, 1.807) is 6.26 Å². The monoisotopic (exact) mass is 280 g/mol. The van der Waals surface area contributed by atoms with Crippen LogP contribution in [0.15, 0.2) is 10.7 Å². The molecule has 1 aliphatic rings. The number of hydrogen-bond acceptors (Lipinski definition) is 4. The van der Waals surface area contributed by atoms with Crippen LogP contribution in [-0.2, 0) is 6.54 Å². The first-order valence-electron chi connectivity index (χ1n) is 7.69. The lowest BCUT2D eigenvalue weighted by Gasteiger charge is -2.31. The van der Waals surface area contributed by atoms with E-state index in [0.717, 1.165) is 24.5 Å². The zero-order valence-corrected chi connectivity index (χ0v) is 13.4. The third kappa shape index (κ3) is 4.51. The molecule has 1 aliphatic carbocycles. The lowest BCUT2D eigenvalue weighted by Crippen LogP contribution is -2.35. The van der Waals surface area contributed by atoms with Gasteiger partial charge in [0.2, 0.25) is 0 Å². The highest BCUT2D eigenvalue weighted by molar-refractivity contribution is 5.01. The van der Waals surface area contributed by atoms with Crippen LogP contribution in [0.25, 0.3) is 0 Å². The van der Waals surface area contributed by atoms with Gasteiger partial charge in [0, 0.05) is 12.1 Å². The molecule has 0 spiro atoms. The van der Waals surface area contributed by atoms with Crippen molar-refractivity contribution in [1.29, 1.82) is 0 Å². The molecular formula is C16H28N2O2. The lowest BCUT2D eigenvalue weighted by molar-refractivity contribution is 0.0728. The summed E-state index contributed by atoms with van der Waals surface area (Å²) >= 11 is 0. The molecular weight excluding hydrogens is 252 g/mol. The Hall–Kier alpha value is -1.03. The topological polar surface area (TPSA) is 47.3 Å². The lowest BCUT2D eigenvalue weighted by atomic mass is 9.80. The largest absolute Gasteiger partial charge is 0.447 e. The Bertz CT molecular complexity index is 422. The molecule has 1 N–H and O–H groups in total. The van der Waals surface area contributed by atoms with Crippen molar-refractivity contribution in [3.8, 4) is 6.08 Å². The Morgan fingerprint density at radius 1 is 1.30 bits per heavy atom. The molecule has 1 fully saturated rings. The smallest absolute Gasteiger partial charge is 0.394 e. The normalized spacial score (nSPS) is 27.6. The van der Waals surface area contributed by atoms with Gasteiger partial charge in [-0.25, -0.2) is 0 Å². The van der Waals surface area contributed by atoms with Gasteiger partial charge in [0.1, 0.15) is 12.4 Å². The fourth-order valence-corrected chi connectivity index (χ4v) is 2.53. The van der Waals surface area contributed by atoms with Crippen LogP contribution in [-0.4, -0.2) is 16.6 Å². The Labute approximate surface area is 122 Å². The molecule has 0 bridgehead atoms. The van der Waals surface area contributed by atoms with Gasteiger partial charge >= 0.3 is 6.08 Å². The minimum Gasteiger partial charge on any atom is -0.447 e. The van der Waals surface area contributed by atoms with Crippen molar-refractivity contribution in [3.63, 3.8) is 0 Å². The van der Waals surface area contributed by atoms with Crippen LogP contribution in [0, 0.1) is 11.8 Å². The summed E-state index contributed by atoms with van der Waals surface area (Å²) in [7, 11) is 0. The third-order valence-corrected chi connectivity index (χ3v) is 4.15. The number of nitrogens with one attached hydrogen (secondary N) is 1. The van der Waals surface area contributed by atoms with Crippen LogP contribution in [0.4, 0.5) is 0 Å². The van der Waals surface area contributed by atoms with Crippen LogP contribution in [0.3, 0.4) is 0 Å². The number of rotatable bonds is 4. The molecule has 0 radical (unpaired) electrons. The van der Waals surface area contributed by atoms with Crippen LogP contribution >= 0.6 is 0 Å². The van der Waals surface area contributed by atoms with Crippen molar-refractivity contribution in [2.45, 2.75) is 72.1 Å². The van der Waals surface area contributed by atoms with Crippen LogP contribution in [0.1, 0.15) is 59.6 Å². The van der Waals surface area contributed by atoms with E-state index in [2.05, 4.69) is 44.9 Å². The van der Waals surface area contributed by atoms with E-state index in [1.165, 1.54) is 6.42 Å². The molecule has 0 saturated heterocycles. The van der Waals surface area contributed by atoms with E-state index < -0.39 is 0 Å². The first-order chi connectivity index (χ1) is 9.33. The number of nitrogens with zero attached hydrogens (tertiary/aromatic N) is 1. The predicted molar refractivity (Wildman–Crippen MR) is 79.7 cm³/mol. The summed E-state index contributed by atoms with van der Waals surface area (Å²) in [6, 6.07) is 0. The Kier molecular flexibility index (Phi) is 4.74. The predicted octanol–water partition coefficient (Wildman–Crippen LogP) is 3.77. The average molecular weight is 280 g/mol. The van der Waals surface area contributed by atoms with Gasteiger partial charge in [-0.2, -0.15) is 4.98 Å². The molecule has 0 amide bonds. The highest BCUT2D eigenvalue weighted by Crippen LogP contribution is 2.31. The molecule has 1 saturated carbocycles. The highest BCUT2D eigenvalue weighted by Gasteiger charge is 2.26. The molecule has 20 heavy (non-hydrogen) atoms. The molecule has 1 heterocycles. The molecule has 4 heteroatoms. The van der Waals surface area contributed by atoms with E-state index in [0.29, 0.717) is 18.5 Å². The molecule has 0 aliphatic heterocycles. The first kappa shape index (κ1) is 15.4. The Morgan fingerprint density at radius 3 is 2.70 bits per heavy atom. The van der Waals surface area contributed by atoms with Gasteiger partial charge in [-0.1, -0.05) is 13.8 Å². The summed E-state index contributed by atoms with van der Waals surface area (Å²) in [4.78, 5) is 4.40. The summed E-state index contributed by atoms with van der Waals surface area (Å²) in [5.74, 6) is 1.51. The van der Waals surface area contributed by atoms with Gasteiger partial charge in [0.25, 0.3) is 0 Å². The second-order valence-electron chi connectivity index (χ2n) is 7.22. The summed E-state index contributed by atoms with van der Waals surface area (Å²) in [6.45, 7) is 11.7. The molecule has 1 aromatic heterocycles. The van der Waals surface area contributed by atoms with Gasteiger partial charge in [0.15, 0.2) is 0 Å². The van der Waals surface area contributed by atoms with Gasteiger partial charge < -0.3 is 14.5 Å². The van der Waals surface area contributed by atoms with Crippen LogP contribution in [0.2, 0.25) is 0 Å². The zero-order valence-electron chi connectivity index (χ0n) is 13.4. The average Bonchev–Trinajstić information content (AvgIpc) is 2.78. The number of aromatic nitrogens is 1. The fourth-order valence-electron chi connectivity index (χ4n) is 2.53. The van der Waals surface area contributed by atoms with Gasteiger partial charge in [-0.15, -0.1) is 0 Å². The SMILES string of the molecule is CC1CCC(Oc2nc(CNC(C)(C)C)co2)CC1C. The minimum absolute atomic E-state index is 0.0783. The third-order valence-electron chi connectivity index (χ3n) is 4.15. The Balaban J connectivity index is 1.84. The van der Waals surface area contributed by atoms with Crippen LogP contribution in [0.5, 0.6) is 6.08 Å².